The van der Waals surface area contributed by atoms with Crippen molar-refractivity contribution < 1.29 is 13.2 Å². The van der Waals surface area contributed by atoms with E-state index in [1.807, 2.05) is 24.3 Å². The lowest BCUT2D eigenvalue weighted by atomic mass is 10.2. The maximum atomic E-state index is 11.9. The van der Waals surface area contributed by atoms with E-state index < -0.39 is 9.84 Å². The summed E-state index contributed by atoms with van der Waals surface area (Å²) in [5.41, 5.74) is 0.968. The van der Waals surface area contributed by atoms with E-state index in [1.165, 1.54) is 6.20 Å². The third kappa shape index (κ3) is 3.08. The second-order valence-electron chi connectivity index (χ2n) is 3.71. The summed E-state index contributed by atoms with van der Waals surface area (Å²) in [5, 5.41) is 1.67. The van der Waals surface area contributed by atoms with Crippen LogP contribution in [0.4, 0.5) is 0 Å². The van der Waals surface area contributed by atoms with Crippen molar-refractivity contribution in [3.8, 4) is 5.75 Å². The molecule has 0 aliphatic carbocycles. The molecule has 0 aliphatic heterocycles. The molecule has 0 radical (unpaired) electrons. The third-order valence-corrected chi connectivity index (χ3v) is 5.49. The van der Waals surface area contributed by atoms with Gasteiger partial charge in [-0.15, -0.1) is 11.3 Å². The Labute approximate surface area is 110 Å². The van der Waals surface area contributed by atoms with Crippen molar-refractivity contribution in [3.05, 3.63) is 41.4 Å². The lowest BCUT2D eigenvalue weighted by Crippen LogP contribution is -2.08. The van der Waals surface area contributed by atoms with Gasteiger partial charge in [0.25, 0.3) is 0 Å². The summed E-state index contributed by atoms with van der Waals surface area (Å²) >= 11 is 1.15. The SMILES string of the molecule is COc1ccc(CCS(=O)(=O)c2nccs2)cc1. The van der Waals surface area contributed by atoms with Crippen LogP contribution in [0.2, 0.25) is 0 Å². The standard InChI is InChI=1S/C12H13NO3S2/c1-16-11-4-2-10(3-5-11)6-9-18(14,15)12-13-7-8-17-12/h2-5,7-8H,6,9H2,1H3. The van der Waals surface area contributed by atoms with Crippen LogP contribution in [0.1, 0.15) is 5.56 Å². The van der Waals surface area contributed by atoms with Gasteiger partial charge in [0.2, 0.25) is 14.2 Å². The van der Waals surface area contributed by atoms with E-state index in [-0.39, 0.29) is 10.1 Å². The molecular weight excluding hydrogens is 270 g/mol. The Kier molecular flexibility index (Phi) is 3.98. The summed E-state index contributed by atoms with van der Waals surface area (Å²) < 4.78 is 29.1. The molecular formula is C12H13NO3S2. The average Bonchev–Trinajstić information content (AvgIpc) is 2.92. The Balaban J connectivity index is 2.03. The van der Waals surface area contributed by atoms with Crippen molar-refractivity contribution >= 4 is 21.2 Å². The highest BCUT2D eigenvalue weighted by atomic mass is 32.2. The molecule has 0 saturated heterocycles. The van der Waals surface area contributed by atoms with Crippen LogP contribution in [-0.4, -0.2) is 26.3 Å². The molecule has 0 bridgehead atoms. The normalized spacial score (nSPS) is 11.4. The van der Waals surface area contributed by atoms with Gasteiger partial charge in [0.15, 0.2) is 0 Å². The van der Waals surface area contributed by atoms with Gasteiger partial charge in [-0.2, -0.15) is 0 Å². The number of nitrogens with zero attached hydrogens (tertiary/aromatic N) is 1. The van der Waals surface area contributed by atoms with Gasteiger partial charge in [-0.1, -0.05) is 12.1 Å². The second kappa shape index (κ2) is 5.49. The molecule has 0 fully saturated rings. The predicted octanol–water partition coefficient (Wildman–Crippen LogP) is 2.17. The fourth-order valence-electron chi connectivity index (χ4n) is 1.50. The van der Waals surface area contributed by atoms with Crippen LogP contribution in [0.5, 0.6) is 5.75 Å². The maximum absolute atomic E-state index is 11.9. The van der Waals surface area contributed by atoms with E-state index in [1.54, 1.807) is 12.5 Å². The molecule has 4 nitrogen and oxygen atoms in total. The Bertz CT molecular complexity index is 589. The van der Waals surface area contributed by atoms with Gasteiger partial charge in [-0.25, -0.2) is 13.4 Å². The number of hydrogen-bond acceptors (Lipinski definition) is 5. The Hall–Kier alpha value is -1.40. The summed E-state index contributed by atoms with van der Waals surface area (Å²) in [6.45, 7) is 0. The minimum absolute atomic E-state index is 0.0762. The number of benzene rings is 1. The summed E-state index contributed by atoms with van der Waals surface area (Å²) in [6, 6.07) is 7.39. The molecule has 2 aromatic rings. The first-order chi connectivity index (χ1) is 8.62. The zero-order valence-corrected chi connectivity index (χ0v) is 11.5. The average molecular weight is 283 g/mol. The fourth-order valence-corrected chi connectivity index (χ4v) is 3.76. The van der Waals surface area contributed by atoms with Crippen LogP contribution >= 0.6 is 11.3 Å². The zero-order valence-electron chi connectivity index (χ0n) is 9.87. The highest BCUT2D eigenvalue weighted by Gasteiger charge is 2.16. The van der Waals surface area contributed by atoms with E-state index in [2.05, 4.69) is 4.98 Å². The number of sulfone groups is 1. The number of rotatable bonds is 5. The molecule has 0 amide bonds. The molecule has 1 heterocycles. The Morgan fingerprint density at radius 2 is 2.00 bits per heavy atom. The van der Waals surface area contributed by atoms with Crippen molar-refractivity contribution in [2.24, 2.45) is 0 Å². The predicted molar refractivity (Wildman–Crippen MR) is 70.9 cm³/mol. The van der Waals surface area contributed by atoms with E-state index >= 15 is 0 Å². The van der Waals surface area contributed by atoms with E-state index in [4.69, 9.17) is 4.74 Å². The van der Waals surface area contributed by atoms with Gasteiger partial charge in [-0.3, -0.25) is 0 Å². The van der Waals surface area contributed by atoms with E-state index in [9.17, 15) is 8.42 Å². The number of methoxy groups -OCH3 is 1. The molecule has 18 heavy (non-hydrogen) atoms. The number of aromatic nitrogens is 1. The molecule has 0 unspecified atom stereocenters. The van der Waals surface area contributed by atoms with Crippen molar-refractivity contribution in [1.29, 1.82) is 0 Å². The first-order valence-electron chi connectivity index (χ1n) is 5.37. The van der Waals surface area contributed by atoms with Gasteiger partial charge in [0.05, 0.1) is 12.9 Å². The van der Waals surface area contributed by atoms with Crippen molar-refractivity contribution in [1.82, 2.24) is 4.98 Å². The van der Waals surface area contributed by atoms with Crippen molar-refractivity contribution in [2.75, 3.05) is 12.9 Å². The molecule has 1 aromatic carbocycles. The molecule has 0 N–H and O–H groups in total. The van der Waals surface area contributed by atoms with E-state index in [0.29, 0.717) is 6.42 Å². The summed E-state index contributed by atoms with van der Waals surface area (Å²) in [5.74, 6) is 0.842. The summed E-state index contributed by atoms with van der Waals surface area (Å²) in [6.07, 6.45) is 1.98. The molecule has 1 aromatic heterocycles. The molecule has 0 spiro atoms. The molecule has 0 saturated carbocycles. The minimum Gasteiger partial charge on any atom is -0.497 e. The first kappa shape index (κ1) is 13.0. The smallest absolute Gasteiger partial charge is 0.209 e. The molecule has 96 valence electrons. The number of hydrogen-bond donors (Lipinski definition) is 0. The molecule has 6 heteroatoms. The zero-order chi connectivity index (χ0) is 13.0. The number of aryl methyl sites for hydroxylation is 1. The van der Waals surface area contributed by atoms with Gasteiger partial charge < -0.3 is 4.74 Å². The monoisotopic (exact) mass is 283 g/mol. The number of thiazole rings is 1. The topological polar surface area (TPSA) is 56.3 Å². The van der Waals surface area contributed by atoms with Crippen LogP contribution in [0.3, 0.4) is 0 Å². The molecule has 0 aliphatic rings. The lowest BCUT2D eigenvalue weighted by molar-refractivity contribution is 0.414. The molecule has 0 atom stereocenters. The van der Waals surface area contributed by atoms with Gasteiger partial charge in [0.1, 0.15) is 5.75 Å². The van der Waals surface area contributed by atoms with Gasteiger partial charge in [0, 0.05) is 11.6 Å². The number of ether oxygens (including phenoxy) is 1. The van der Waals surface area contributed by atoms with Crippen LogP contribution < -0.4 is 4.74 Å². The Morgan fingerprint density at radius 1 is 1.28 bits per heavy atom. The minimum atomic E-state index is -3.25. The van der Waals surface area contributed by atoms with Crippen LogP contribution in [0.15, 0.2) is 40.2 Å². The summed E-state index contributed by atoms with van der Waals surface area (Å²) in [7, 11) is -1.66. The quantitative estimate of drug-likeness (QED) is 0.844. The van der Waals surface area contributed by atoms with Crippen LogP contribution in [0.25, 0.3) is 0 Å². The largest absolute Gasteiger partial charge is 0.497 e. The highest BCUT2D eigenvalue weighted by molar-refractivity contribution is 7.93. The highest BCUT2D eigenvalue weighted by Crippen LogP contribution is 2.16. The summed E-state index contributed by atoms with van der Waals surface area (Å²) in [4.78, 5) is 3.84. The fraction of sp³-hybridized carbons (Fsp3) is 0.250. The van der Waals surface area contributed by atoms with Crippen LogP contribution in [-0.2, 0) is 16.3 Å². The third-order valence-electron chi connectivity index (χ3n) is 2.49. The van der Waals surface area contributed by atoms with Crippen molar-refractivity contribution in [3.63, 3.8) is 0 Å². The van der Waals surface area contributed by atoms with E-state index in [0.717, 1.165) is 22.6 Å². The van der Waals surface area contributed by atoms with Gasteiger partial charge in [-0.05, 0) is 24.1 Å². The molecule has 2 rings (SSSR count). The Morgan fingerprint density at radius 3 is 2.56 bits per heavy atom. The first-order valence-corrected chi connectivity index (χ1v) is 7.90. The lowest BCUT2D eigenvalue weighted by Gasteiger charge is -2.03. The van der Waals surface area contributed by atoms with Crippen LogP contribution in [0, 0.1) is 0 Å². The van der Waals surface area contributed by atoms with Gasteiger partial charge >= 0.3 is 0 Å². The maximum Gasteiger partial charge on any atom is 0.209 e. The van der Waals surface area contributed by atoms with Crippen molar-refractivity contribution in [2.45, 2.75) is 10.8 Å². The second-order valence-corrected chi connectivity index (χ2v) is 6.89.